The van der Waals surface area contributed by atoms with E-state index in [9.17, 15) is 5.11 Å². The monoisotopic (exact) mass is 221 g/mol. The predicted molar refractivity (Wildman–Crippen MR) is 63.3 cm³/mol. The minimum atomic E-state index is 0.194. The Kier molecular flexibility index (Phi) is 3.93. The molecule has 0 aliphatic carbocycles. The van der Waals surface area contributed by atoms with Crippen LogP contribution in [-0.4, -0.2) is 48.0 Å². The fourth-order valence-electron chi connectivity index (χ4n) is 2.55. The smallest absolute Gasteiger partial charge is 0.0558 e. The Bertz CT molecular complexity index is 315. The molecule has 1 heterocycles. The Balaban J connectivity index is 2.09. The number of aliphatic hydroxyl groups is 2. The lowest BCUT2D eigenvalue weighted by atomic mass is 9.90. The van der Waals surface area contributed by atoms with Crippen molar-refractivity contribution in [3.05, 3.63) is 35.9 Å². The standard InChI is InChI=1S/C13H19NO2/c15-7-6-14-8-12(10-16)13(9-14)11-4-2-1-3-5-11/h1-5,12-13,15-16H,6-10H2/t12-,13-/m1/s1. The molecule has 1 aliphatic heterocycles. The van der Waals surface area contributed by atoms with Crippen molar-refractivity contribution in [2.45, 2.75) is 5.92 Å². The predicted octanol–water partition coefficient (Wildman–Crippen LogP) is 0.687. The minimum Gasteiger partial charge on any atom is -0.396 e. The molecular formula is C13H19NO2. The van der Waals surface area contributed by atoms with Gasteiger partial charge in [-0.15, -0.1) is 0 Å². The molecule has 1 aromatic rings. The van der Waals surface area contributed by atoms with Gasteiger partial charge in [0.25, 0.3) is 0 Å². The molecule has 88 valence electrons. The van der Waals surface area contributed by atoms with Crippen molar-refractivity contribution in [1.29, 1.82) is 0 Å². The first-order valence-electron chi connectivity index (χ1n) is 5.84. The van der Waals surface area contributed by atoms with Gasteiger partial charge in [-0.3, -0.25) is 0 Å². The van der Waals surface area contributed by atoms with Gasteiger partial charge in [0.05, 0.1) is 6.61 Å². The fourth-order valence-corrected chi connectivity index (χ4v) is 2.55. The van der Waals surface area contributed by atoms with E-state index in [2.05, 4.69) is 17.0 Å². The summed E-state index contributed by atoms with van der Waals surface area (Å²) in [6.07, 6.45) is 0. The zero-order valence-electron chi connectivity index (χ0n) is 9.42. The number of hydrogen-bond donors (Lipinski definition) is 2. The maximum absolute atomic E-state index is 9.39. The molecule has 2 rings (SSSR count). The summed E-state index contributed by atoms with van der Waals surface area (Å²) in [6.45, 7) is 2.95. The van der Waals surface area contributed by atoms with Gasteiger partial charge >= 0.3 is 0 Å². The average molecular weight is 221 g/mol. The maximum Gasteiger partial charge on any atom is 0.0558 e. The van der Waals surface area contributed by atoms with Crippen LogP contribution < -0.4 is 0 Å². The van der Waals surface area contributed by atoms with Crippen molar-refractivity contribution >= 4 is 0 Å². The SMILES string of the molecule is OCCN1C[C@H](CO)[C@@H](c2ccccc2)C1. The van der Waals surface area contributed by atoms with E-state index in [-0.39, 0.29) is 13.2 Å². The molecule has 0 aromatic heterocycles. The lowest BCUT2D eigenvalue weighted by Gasteiger charge is -2.16. The summed E-state index contributed by atoms with van der Waals surface area (Å²) in [6, 6.07) is 10.3. The van der Waals surface area contributed by atoms with Gasteiger partial charge in [-0.2, -0.15) is 0 Å². The topological polar surface area (TPSA) is 43.7 Å². The summed E-state index contributed by atoms with van der Waals surface area (Å²) in [7, 11) is 0. The first kappa shape index (κ1) is 11.6. The molecule has 16 heavy (non-hydrogen) atoms. The summed E-state index contributed by atoms with van der Waals surface area (Å²) < 4.78 is 0. The van der Waals surface area contributed by atoms with Crippen LogP contribution in [0.5, 0.6) is 0 Å². The van der Waals surface area contributed by atoms with E-state index in [0.29, 0.717) is 18.4 Å². The normalized spacial score (nSPS) is 26.1. The van der Waals surface area contributed by atoms with E-state index in [1.165, 1.54) is 5.56 Å². The van der Waals surface area contributed by atoms with Crippen LogP contribution in [0.2, 0.25) is 0 Å². The highest BCUT2D eigenvalue weighted by molar-refractivity contribution is 5.22. The second kappa shape index (κ2) is 5.43. The number of hydrogen-bond acceptors (Lipinski definition) is 3. The number of aliphatic hydroxyl groups excluding tert-OH is 2. The molecule has 1 saturated heterocycles. The van der Waals surface area contributed by atoms with Crippen LogP contribution in [0.15, 0.2) is 30.3 Å². The molecule has 0 amide bonds. The van der Waals surface area contributed by atoms with Gasteiger partial charge in [-0.25, -0.2) is 0 Å². The molecule has 2 atom stereocenters. The molecule has 0 saturated carbocycles. The van der Waals surface area contributed by atoms with Gasteiger partial charge in [0.1, 0.15) is 0 Å². The van der Waals surface area contributed by atoms with E-state index in [1.807, 2.05) is 18.2 Å². The highest BCUT2D eigenvalue weighted by atomic mass is 16.3. The van der Waals surface area contributed by atoms with E-state index < -0.39 is 0 Å². The number of β-amino-alcohol motifs (C(OH)–C–C–N with tert-alkyl or cyclic N) is 1. The summed E-state index contributed by atoms with van der Waals surface area (Å²) >= 11 is 0. The van der Waals surface area contributed by atoms with Gasteiger partial charge in [0.15, 0.2) is 0 Å². The van der Waals surface area contributed by atoms with Crippen molar-refractivity contribution in [2.75, 3.05) is 32.8 Å². The summed E-state index contributed by atoms with van der Waals surface area (Å²) in [5.41, 5.74) is 1.29. The molecule has 3 heteroatoms. The molecular weight excluding hydrogens is 202 g/mol. The van der Waals surface area contributed by atoms with Crippen molar-refractivity contribution < 1.29 is 10.2 Å². The third-order valence-corrected chi connectivity index (χ3v) is 3.40. The van der Waals surface area contributed by atoms with Crippen LogP contribution >= 0.6 is 0 Å². The molecule has 0 radical (unpaired) electrons. The molecule has 3 nitrogen and oxygen atoms in total. The van der Waals surface area contributed by atoms with Crippen LogP contribution in [0.4, 0.5) is 0 Å². The lowest BCUT2D eigenvalue weighted by Crippen LogP contribution is -2.24. The summed E-state index contributed by atoms with van der Waals surface area (Å²) in [4.78, 5) is 2.22. The van der Waals surface area contributed by atoms with Crippen LogP contribution in [0.25, 0.3) is 0 Å². The van der Waals surface area contributed by atoms with Gasteiger partial charge in [-0.05, 0) is 5.56 Å². The number of benzene rings is 1. The average Bonchev–Trinajstić information content (AvgIpc) is 2.74. The van der Waals surface area contributed by atoms with Crippen molar-refractivity contribution in [3.63, 3.8) is 0 Å². The molecule has 0 spiro atoms. The van der Waals surface area contributed by atoms with Gasteiger partial charge in [-0.1, -0.05) is 30.3 Å². The number of likely N-dealkylation sites (tertiary alicyclic amines) is 1. The molecule has 1 aliphatic rings. The maximum atomic E-state index is 9.39. The van der Waals surface area contributed by atoms with Crippen LogP contribution in [-0.2, 0) is 0 Å². The highest BCUT2D eigenvalue weighted by Gasteiger charge is 2.32. The molecule has 0 unspecified atom stereocenters. The summed E-state index contributed by atoms with van der Waals surface area (Å²) in [5.74, 6) is 0.701. The second-order valence-electron chi connectivity index (χ2n) is 4.44. The van der Waals surface area contributed by atoms with Gasteiger partial charge < -0.3 is 15.1 Å². The third kappa shape index (κ3) is 2.43. The number of nitrogens with zero attached hydrogens (tertiary/aromatic N) is 1. The zero-order valence-corrected chi connectivity index (χ0v) is 9.42. The van der Waals surface area contributed by atoms with Crippen molar-refractivity contribution in [3.8, 4) is 0 Å². The minimum absolute atomic E-state index is 0.194. The Morgan fingerprint density at radius 3 is 2.50 bits per heavy atom. The first-order valence-corrected chi connectivity index (χ1v) is 5.84. The largest absolute Gasteiger partial charge is 0.396 e. The zero-order chi connectivity index (χ0) is 11.4. The van der Waals surface area contributed by atoms with E-state index in [1.54, 1.807) is 0 Å². The van der Waals surface area contributed by atoms with Crippen molar-refractivity contribution in [2.24, 2.45) is 5.92 Å². The number of rotatable bonds is 4. The van der Waals surface area contributed by atoms with Crippen LogP contribution in [0, 0.1) is 5.92 Å². The second-order valence-corrected chi connectivity index (χ2v) is 4.44. The Labute approximate surface area is 96.3 Å². The van der Waals surface area contributed by atoms with Crippen molar-refractivity contribution in [1.82, 2.24) is 4.90 Å². The Morgan fingerprint density at radius 2 is 1.88 bits per heavy atom. The molecule has 0 bridgehead atoms. The molecule has 1 aromatic carbocycles. The fraction of sp³-hybridized carbons (Fsp3) is 0.538. The summed E-state index contributed by atoms with van der Waals surface area (Å²) in [5, 5.41) is 18.3. The third-order valence-electron chi connectivity index (χ3n) is 3.40. The molecule has 2 N–H and O–H groups in total. The Hall–Kier alpha value is -0.900. The Morgan fingerprint density at radius 1 is 1.12 bits per heavy atom. The molecule has 1 fully saturated rings. The quantitative estimate of drug-likeness (QED) is 0.786. The van der Waals surface area contributed by atoms with Crippen LogP contribution in [0.1, 0.15) is 11.5 Å². The highest BCUT2D eigenvalue weighted by Crippen LogP contribution is 2.31. The van der Waals surface area contributed by atoms with E-state index >= 15 is 0 Å². The lowest BCUT2D eigenvalue weighted by molar-refractivity contribution is 0.195. The first-order chi connectivity index (χ1) is 7.85. The van der Waals surface area contributed by atoms with Crippen LogP contribution in [0.3, 0.4) is 0 Å². The van der Waals surface area contributed by atoms with E-state index in [4.69, 9.17) is 5.11 Å². The van der Waals surface area contributed by atoms with E-state index in [0.717, 1.165) is 13.1 Å². The van der Waals surface area contributed by atoms with Gasteiger partial charge in [0, 0.05) is 38.1 Å². The van der Waals surface area contributed by atoms with Gasteiger partial charge in [0.2, 0.25) is 0 Å².